The third kappa shape index (κ3) is 5.40. The number of hydrogen-bond donors (Lipinski definition) is 1. The zero-order valence-electron chi connectivity index (χ0n) is 14.4. The van der Waals surface area contributed by atoms with Crippen molar-refractivity contribution in [2.24, 2.45) is 0 Å². The van der Waals surface area contributed by atoms with E-state index >= 15 is 0 Å². The molecule has 1 N–H and O–H groups in total. The predicted octanol–water partition coefficient (Wildman–Crippen LogP) is 4.75. The van der Waals surface area contributed by atoms with Crippen molar-refractivity contribution in [3.63, 3.8) is 0 Å². The second-order valence-electron chi connectivity index (χ2n) is 5.69. The maximum absolute atomic E-state index is 12.3. The number of amides is 1. The number of carbonyl (C=O) groups is 1. The topological polar surface area (TPSA) is 51.2 Å². The number of para-hydroxylation sites is 1. The first kappa shape index (κ1) is 19.1. The van der Waals surface area contributed by atoms with Crippen molar-refractivity contribution in [1.29, 1.82) is 0 Å². The maximum Gasteiger partial charge on any atom is 0.288 e. The molecule has 0 aliphatic carbocycles. The molecule has 3 aromatic rings. The molecule has 0 unspecified atom stereocenters. The zero-order valence-corrected chi connectivity index (χ0v) is 15.2. The van der Waals surface area contributed by atoms with Crippen LogP contribution in [0.15, 0.2) is 65.7 Å². The standard InChI is InChI=1S/C20H18F2N2O2S/c21-20(22)27-16-9-7-15(8-10-16)19(25)24-12-3-13-26-17-6-1-4-14-5-2-11-23-18(14)17/h1-2,4-11,20H,3,12-13H2,(H,24,25). The summed E-state index contributed by atoms with van der Waals surface area (Å²) in [6.07, 6.45) is 2.36. The van der Waals surface area contributed by atoms with Crippen LogP contribution in [0, 0.1) is 0 Å². The Morgan fingerprint density at radius 1 is 1.11 bits per heavy atom. The summed E-state index contributed by atoms with van der Waals surface area (Å²) in [5, 5.41) is 3.80. The van der Waals surface area contributed by atoms with Gasteiger partial charge in [-0.05, 0) is 42.8 Å². The summed E-state index contributed by atoms with van der Waals surface area (Å²) < 4.78 is 30.4. The highest BCUT2D eigenvalue weighted by atomic mass is 32.2. The van der Waals surface area contributed by atoms with Gasteiger partial charge in [0, 0.05) is 28.6 Å². The highest BCUT2D eigenvalue weighted by Gasteiger charge is 2.08. The Balaban J connectivity index is 1.44. The summed E-state index contributed by atoms with van der Waals surface area (Å²) in [4.78, 5) is 16.8. The van der Waals surface area contributed by atoms with E-state index in [1.54, 1.807) is 18.3 Å². The van der Waals surface area contributed by atoms with Gasteiger partial charge >= 0.3 is 0 Å². The highest BCUT2D eigenvalue weighted by molar-refractivity contribution is 7.99. The van der Waals surface area contributed by atoms with Crippen molar-refractivity contribution in [1.82, 2.24) is 10.3 Å². The molecule has 0 aliphatic rings. The molecule has 1 heterocycles. The normalized spacial score (nSPS) is 10.9. The van der Waals surface area contributed by atoms with E-state index in [-0.39, 0.29) is 5.91 Å². The number of hydrogen-bond acceptors (Lipinski definition) is 4. The zero-order chi connectivity index (χ0) is 19.1. The summed E-state index contributed by atoms with van der Waals surface area (Å²) >= 11 is 0.455. The summed E-state index contributed by atoms with van der Waals surface area (Å²) in [5.74, 6) is -2.00. The molecule has 4 nitrogen and oxygen atoms in total. The van der Waals surface area contributed by atoms with E-state index in [1.807, 2.05) is 30.3 Å². The van der Waals surface area contributed by atoms with Gasteiger partial charge in [-0.3, -0.25) is 9.78 Å². The molecule has 140 valence electrons. The first-order valence-corrected chi connectivity index (χ1v) is 9.31. The van der Waals surface area contributed by atoms with Crippen molar-refractivity contribution in [2.45, 2.75) is 17.1 Å². The van der Waals surface area contributed by atoms with Gasteiger partial charge in [-0.2, -0.15) is 8.78 Å². The van der Waals surface area contributed by atoms with Gasteiger partial charge in [0.2, 0.25) is 0 Å². The fourth-order valence-electron chi connectivity index (χ4n) is 2.54. The van der Waals surface area contributed by atoms with Crippen molar-refractivity contribution in [3.8, 4) is 5.75 Å². The first-order chi connectivity index (χ1) is 13.1. The number of aromatic nitrogens is 1. The third-order valence-corrected chi connectivity index (χ3v) is 4.52. The van der Waals surface area contributed by atoms with Gasteiger partial charge in [0.1, 0.15) is 11.3 Å². The SMILES string of the molecule is O=C(NCCCOc1cccc2cccnc12)c1ccc(SC(F)F)cc1. The van der Waals surface area contributed by atoms with Crippen LogP contribution < -0.4 is 10.1 Å². The minimum Gasteiger partial charge on any atom is -0.491 e. The molecule has 0 aliphatic heterocycles. The van der Waals surface area contributed by atoms with Crippen LogP contribution in [0.2, 0.25) is 0 Å². The molecule has 27 heavy (non-hydrogen) atoms. The van der Waals surface area contributed by atoms with Crippen molar-refractivity contribution < 1.29 is 18.3 Å². The van der Waals surface area contributed by atoms with Crippen LogP contribution in [-0.2, 0) is 0 Å². The van der Waals surface area contributed by atoms with E-state index in [1.165, 1.54) is 12.1 Å². The quantitative estimate of drug-likeness (QED) is 0.447. The average molecular weight is 388 g/mol. The fraction of sp³-hybridized carbons (Fsp3) is 0.200. The van der Waals surface area contributed by atoms with Gasteiger partial charge < -0.3 is 10.1 Å². The molecule has 7 heteroatoms. The largest absolute Gasteiger partial charge is 0.491 e. The van der Waals surface area contributed by atoms with Crippen LogP contribution in [0.1, 0.15) is 16.8 Å². The van der Waals surface area contributed by atoms with Crippen molar-refractivity contribution >= 4 is 28.6 Å². The molecule has 0 bridgehead atoms. The van der Waals surface area contributed by atoms with E-state index in [0.29, 0.717) is 47.5 Å². The lowest BCUT2D eigenvalue weighted by Gasteiger charge is -2.09. The number of nitrogens with zero attached hydrogens (tertiary/aromatic N) is 1. The molecule has 2 aromatic carbocycles. The fourth-order valence-corrected chi connectivity index (χ4v) is 3.04. The second-order valence-corrected chi connectivity index (χ2v) is 6.76. The summed E-state index contributed by atoms with van der Waals surface area (Å²) in [6.45, 7) is 0.893. The Morgan fingerprint density at radius 2 is 1.89 bits per heavy atom. The minimum atomic E-state index is -2.47. The molecule has 0 atom stereocenters. The van der Waals surface area contributed by atoms with Gasteiger partial charge in [0.05, 0.1) is 6.61 Å². The molecule has 0 fully saturated rings. The van der Waals surface area contributed by atoms with E-state index in [4.69, 9.17) is 4.74 Å². The van der Waals surface area contributed by atoms with Crippen LogP contribution in [-0.4, -0.2) is 29.8 Å². The molecule has 0 spiro atoms. The van der Waals surface area contributed by atoms with Gasteiger partial charge in [-0.1, -0.05) is 30.0 Å². The van der Waals surface area contributed by atoms with Gasteiger partial charge in [0.15, 0.2) is 0 Å². The Hall–Kier alpha value is -2.67. The minimum absolute atomic E-state index is 0.240. The molecule has 1 aromatic heterocycles. The third-order valence-electron chi connectivity index (χ3n) is 3.80. The summed E-state index contributed by atoms with van der Waals surface area (Å²) in [5.41, 5.74) is 1.25. The molecular weight excluding hydrogens is 370 g/mol. The predicted molar refractivity (Wildman–Crippen MR) is 102 cm³/mol. The van der Waals surface area contributed by atoms with Crippen molar-refractivity contribution in [2.75, 3.05) is 13.2 Å². The highest BCUT2D eigenvalue weighted by Crippen LogP contribution is 2.25. The van der Waals surface area contributed by atoms with Gasteiger partial charge in [-0.25, -0.2) is 0 Å². The Morgan fingerprint density at radius 3 is 2.67 bits per heavy atom. The van der Waals surface area contributed by atoms with Gasteiger partial charge in [-0.15, -0.1) is 0 Å². The first-order valence-electron chi connectivity index (χ1n) is 8.43. The Labute approximate surface area is 159 Å². The number of thioether (sulfide) groups is 1. The molecule has 1 amide bonds. The van der Waals surface area contributed by atoms with Crippen LogP contribution in [0.3, 0.4) is 0 Å². The Kier molecular flexibility index (Phi) is 6.59. The molecule has 0 saturated heterocycles. The second kappa shape index (κ2) is 9.32. The van der Waals surface area contributed by atoms with Crippen molar-refractivity contribution in [3.05, 3.63) is 66.4 Å². The average Bonchev–Trinajstić information content (AvgIpc) is 2.68. The number of pyridine rings is 1. The van der Waals surface area contributed by atoms with Crippen LogP contribution in [0.4, 0.5) is 8.78 Å². The molecule has 3 rings (SSSR count). The smallest absolute Gasteiger partial charge is 0.288 e. The lowest BCUT2D eigenvalue weighted by atomic mass is 10.2. The number of halogens is 2. The lowest BCUT2D eigenvalue weighted by molar-refractivity contribution is 0.0951. The monoisotopic (exact) mass is 388 g/mol. The van der Waals surface area contributed by atoms with E-state index < -0.39 is 5.76 Å². The molecular formula is C20H18F2N2O2S. The van der Waals surface area contributed by atoms with Crippen LogP contribution in [0.5, 0.6) is 5.75 Å². The summed E-state index contributed by atoms with van der Waals surface area (Å²) in [6, 6.07) is 15.7. The van der Waals surface area contributed by atoms with Crippen LogP contribution >= 0.6 is 11.8 Å². The van der Waals surface area contributed by atoms with E-state index in [9.17, 15) is 13.6 Å². The Bertz CT molecular complexity index is 899. The van der Waals surface area contributed by atoms with E-state index in [2.05, 4.69) is 10.3 Å². The maximum atomic E-state index is 12.3. The number of rotatable bonds is 8. The molecule has 0 saturated carbocycles. The number of nitrogens with one attached hydrogen (secondary N) is 1. The number of alkyl halides is 2. The van der Waals surface area contributed by atoms with Gasteiger partial charge in [0.25, 0.3) is 11.7 Å². The van der Waals surface area contributed by atoms with E-state index in [0.717, 1.165) is 10.9 Å². The summed E-state index contributed by atoms with van der Waals surface area (Å²) in [7, 11) is 0. The lowest BCUT2D eigenvalue weighted by Crippen LogP contribution is -2.25. The number of benzene rings is 2. The van der Waals surface area contributed by atoms with Crippen LogP contribution in [0.25, 0.3) is 10.9 Å². The molecule has 0 radical (unpaired) electrons. The number of fused-ring (bicyclic) bond motifs is 1. The number of ether oxygens (including phenoxy) is 1. The number of carbonyl (C=O) groups excluding carboxylic acids is 1.